The van der Waals surface area contributed by atoms with Crippen molar-refractivity contribution >= 4 is 0 Å². The zero-order chi connectivity index (χ0) is 17.6. The Morgan fingerprint density at radius 1 is 1.00 bits per heavy atom. The Balaban J connectivity index is 1.93. The summed E-state index contributed by atoms with van der Waals surface area (Å²) in [6.07, 6.45) is 2.71. The van der Waals surface area contributed by atoms with Crippen molar-refractivity contribution in [3.63, 3.8) is 0 Å². The average Bonchev–Trinajstić information content (AvgIpc) is 2.55. The molecule has 24 heavy (non-hydrogen) atoms. The molecule has 1 aromatic rings. The maximum absolute atomic E-state index is 12.6. The smallest absolute Gasteiger partial charge is 0.299 e. The Labute approximate surface area is 143 Å². The molecule has 0 saturated carbocycles. The van der Waals surface area contributed by atoms with Crippen molar-refractivity contribution in [1.29, 1.82) is 0 Å². The van der Waals surface area contributed by atoms with Crippen molar-refractivity contribution in [2.75, 3.05) is 19.6 Å². The standard InChI is InChI=1S/C20H28F3N/c1-3-5-17-8-7-16(15-18(17)6-4-2)9-12-24-13-10-19(11-14-24)20(21,22)23/h7-8,10,15H,3-6,9,11-14H2,1-2H3. The molecule has 0 fully saturated rings. The summed E-state index contributed by atoms with van der Waals surface area (Å²) in [5, 5.41) is 0. The minimum Gasteiger partial charge on any atom is -0.299 e. The van der Waals surface area contributed by atoms with Crippen LogP contribution in [0.5, 0.6) is 0 Å². The van der Waals surface area contributed by atoms with Crippen LogP contribution in [-0.4, -0.2) is 30.7 Å². The zero-order valence-corrected chi connectivity index (χ0v) is 14.8. The largest absolute Gasteiger partial charge is 0.412 e. The number of hydrogen-bond donors (Lipinski definition) is 0. The van der Waals surface area contributed by atoms with E-state index in [2.05, 4.69) is 36.9 Å². The predicted octanol–water partition coefficient (Wildman–Crippen LogP) is 5.33. The van der Waals surface area contributed by atoms with E-state index in [9.17, 15) is 13.2 Å². The molecule has 1 aliphatic heterocycles. The van der Waals surface area contributed by atoms with Crippen molar-refractivity contribution in [1.82, 2.24) is 4.90 Å². The quantitative estimate of drug-likeness (QED) is 0.607. The van der Waals surface area contributed by atoms with Gasteiger partial charge in [-0.1, -0.05) is 51.0 Å². The summed E-state index contributed by atoms with van der Waals surface area (Å²) in [5.74, 6) is 0. The first-order valence-corrected chi connectivity index (χ1v) is 9.03. The van der Waals surface area contributed by atoms with E-state index in [1.807, 2.05) is 0 Å². The third kappa shape index (κ3) is 5.37. The van der Waals surface area contributed by atoms with Crippen LogP contribution in [0, 0.1) is 0 Å². The van der Waals surface area contributed by atoms with Gasteiger partial charge in [0.15, 0.2) is 0 Å². The van der Waals surface area contributed by atoms with Gasteiger partial charge in [-0.05, 0) is 42.4 Å². The summed E-state index contributed by atoms with van der Waals surface area (Å²) in [6.45, 7) is 6.12. The van der Waals surface area contributed by atoms with E-state index in [1.54, 1.807) is 0 Å². The summed E-state index contributed by atoms with van der Waals surface area (Å²) in [7, 11) is 0. The summed E-state index contributed by atoms with van der Waals surface area (Å²) >= 11 is 0. The predicted molar refractivity (Wildman–Crippen MR) is 93.3 cm³/mol. The van der Waals surface area contributed by atoms with Crippen molar-refractivity contribution in [2.45, 2.75) is 58.5 Å². The van der Waals surface area contributed by atoms with Gasteiger partial charge in [0.05, 0.1) is 0 Å². The number of aryl methyl sites for hydroxylation is 2. The van der Waals surface area contributed by atoms with Crippen molar-refractivity contribution in [2.24, 2.45) is 0 Å². The highest BCUT2D eigenvalue weighted by atomic mass is 19.4. The number of benzene rings is 1. The lowest BCUT2D eigenvalue weighted by molar-refractivity contribution is -0.0959. The summed E-state index contributed by atoms with van der Waals surface area (Å²) < 4.78 is 37.9. The molecule has 0 unspecified atom stereocenters. The number of rotatable bonds is 7. The third-order valence-corrected chi connectivity index (χ3v) is 4.68. The minimum atomic E-state index is -4.16. The van der Waals surface area contributed by atoms with E-state index in [0.717, 1.165) is 38.6 Å². The monoisotopic (exact) mass is 339 g/mol. The highest BCUT2D eigenvalue weighted by Crippen LogP contribution is 2.30. The molecule has 134 valence electrons. The van der Waals surface area contributed by atoms with Crippen molar-refractivity contribution in [3.05, 3.63) is 46.5 Å². The maximum atomic E-state index is 12.6. The van der Waals surface area contributed by atoms with Crippen LogP contribution in [0.1, 0.15) is 49.8 Å². The first-order valence-electron chi connectivity index (χ1n) is 9.03. The molecule has 0 bridgehead atoms. The second-order valence-electron chi connectivity index (χ2n) is 6.63. The maximum Gasteiger partial charge on any atom is 0.412 e. The van der Waals surface area contributed by atoms with E-state index in [-0.39, 0.29) is 12.0 Å². The molecule has 0 N–H and O–H groups in total. The summed E-state index contributed by atoms with van der Waals surface area (Å²) in [5.41, 5.74) is 3.81. The van der Waals surface area contributed by atoms with E-state index in [4.69, 9.17) is 0 Å². The molecule has 0 saturated heterocycles. The van der Waals surface area contributed by atoms with Gasteiger partial charge >= 0.3 is 6.18 Å². The third-order valence-electron chi connectivity index (χ3n) is 4.68. The van der Waals surface area contributed by atoms with Crippen LogP contribution >= 0.6 is 0 Å². The molecule has 1 heterocycles. The van der Waals surface area contributed by atoms with Gasteiger partial charge in [0.1, 0.15) is 0 Å². The minimum absolute atomic E-state index is 0.111. The fourth-order valence-corrected chi connectivity index (χ4v) is 3.31. The van der Waals surface area contributed by atoms with Crippen molar-refractivity contribution in [3.8, 4) is 0 Å². The van der Waals surface area contributed by atoms with E-state index in [0.29, 0.717) is 13.1 Å². The lowest BCUT2D eigenvalue weighted by atomic mass is 9.96. The molecular weight excluding hydrogens is 311 g/mol. The number of halogens is 3. The van der Waals surface area contributed by atoms with Gasteiger partial charge < -0.3 is 0 Å². The van der Waals surface area contributed by atoms with Crippen LogP contribution in [-0.2, 0) is 19.3 Å². The Kier molecular flexibility index (Phi) is 6.90. The highest BCUT2D eigenvalue weighted by Gasteiger charge is 2.34. The van der Waals surface area contributed by atoms with Crippen LogP contribution < -0.4 is 0 Å². The molecule has 0 atom stereocenters. The number of alkyl halides is 3. The van der Waals surface area contributed by atoms with Crippen molar-refractivity contribution < 1.29 is 13.2 Å². The lowest BCUT2D eigenvalue weighted by Crippen LogP contribution is -2.33. The Morgan fingerprint density at radius 2 is 1.71 bits per heavy atom. The second-order valence-corrected chi connectivity index (χ2v) is 6.63. The Morgan fingerprint density at radius 3 is 2.29 bits per heavy atom. The van der Waals surface area contributed by atoms with Gasteiger partial charge in [-0.25, -0.2) is 0 Å². The molecule has 1 nitrogen and oxygen atoms in total. The first-order chi connectivity index (χ1) is 11.4. The van der Waals surface area contributed by atoms with Gasteiger partial charge in [0.25, 0.3) is 0 Å². The molecule has 0 radical (unpaired) electrons. The number of nitrogens with zero attached hydrogens (tertiary/aromatic N) is 1. The fraction of sp³-hybridized carbons (Fsp3) is 0.600. The molecule has 1 aromatic carbocycles. The van der Waals surface area contributed by atoms with Crippen LogP contribution in [0.25, 0.3) is 0 Å². The van der Waals surface area contributed by atoms with Crippen LogP contribution in [0.3, 0.4) is 0 Å². The fourth-order valence-electron chi connectivity index (χ4n) is 3.31. The van der Waals surface area contributed by atoms with Gasteiger partial charge in [-0.15, -0.1) is 0 Å². The second kappa shape index (κ2) is 8.70. The Bertz CT molecular complexity index is 560. The lowest BCUT2D eigenvalue weighted by Gasteiger charge is -2.27. The van der Waals surface area contributed by atoms with Gasteiger partial charge in [0, 0.05) is 25.2 Å². The normalized spacial score (nSPS) is 16.3. The van der Waals surface area contributed by atoms with Crippen LogP contribution in [0.4, 0.5) is 13.2 Å². The van der Waals surface area contributed by atoms with E-state index < -0.39 is 6.18 Å². The highest BCUT2D eigenvalue weighted by molar-refractivity contribution is 5.32. The van der Waals surface area contributed by atoms with Crippen LogP contribution in [0.15, 0.2) is 29.8 Å². The molecule has 1 aliphatic rings. The van der Waals surface area contributed by atoms with E-state index in [1.165, 1.54) is 22.8 Å². The summed E-state index contributed by atoms with van der Waals surface area (Å²) in [4.78, 5) is 2.11. The topological polar surface area (TPSA) is 3.24 Å². The SMILES string of the molecule is CCCc1ccc(CCN2CC=C(C(F)(F)F)CC2)cc1CCC. The molecular formula is C20H28F3N. The molecule has 0 amide bonds. The van der Waals surface area contributed by atoms with Crippen LogP contribution in [0.2, 0.25) is 0 Å². The molecule has 4 heteroatoms. The van der Waals surface area contributed by atoms with E-state index >= 15 is 0 Å². The first kappa shape index (κ1) is 19.0. The molecule has 0 spiro atoms. The molecule has 2 rings (SSSR count). The molecule has 0 aromatic heterocycles. The number of hydrogen-bond acceptors (Lipinski definition) is 1. The van der Waals surface area contributed by atoms with Gasteiger partial charge in [-0.2, -0.15) is 13.2 Å². The zero-order valence-electron chi connectivity index (χ0n) is 14.8. The average molecular weight is 339 g/mol. The van der Waals surface area contributed by atoms with Gasteiger partial charge in [-0.3, -0.25) is 4.90 Å². The molecule has 0 aliphatic carbocycles. The Hall–Kier alpha value is -1.29. The van der Waals surface area contributed by atoms with Gasteiger partial charge in [0.2, 0.25) is 0 Å². The summed E-state index contributed by atoms with van der Waals surface area (Å²) in [6, 6.07) is 6.72.